The maximum absolute atomic E-state index is 12.5. The predicted molar refractivity (Wildman–Crippen MR) is 47.0 cm³/mol. The van der Waals surface area contributed by atoms with Crippen LogP contribution in [0.2, 0.25) is 5.02 Å². The predicted octanol–water partition coefficient (Wildman–Crippen LogP) is 0.797. The number of hydrogen-bond acceptors (Lipinski definition) is 3. The molecule has 1 rings (SSSR count). The van der Waals surface area contributed by atoms with E-state index in [1.54, 1.807) is 0 Å². The number of benzene rings is 1. The molecule has 6 heteroatoms. The third kappa shape index (κ3) is 4.62. The van der Waals surface area contributed by atoms with E-state index in [2.05, 4.69) is 0 Å². The smallest absolute Gasteiger partial charge is 0.429 e. The van der Waals surface area contributed by atoms with Crippen molar-refractivity contribution in [1.82, 2.24) is 0 Å². The van der Waals surface area contributed by atoms with E-state index in [9.17, 15) is 9.18 Å². The van der Waals surface area contributed by atoms with Gasteiger partial charge in [0.15, 0.2) is 6.29 Å². The van der Waals surface area contributed by atoms with Gasteiger partial charge in [0, 0.05) is 5.02 Å². The first-order valence-electron chi connectivity index (χ1n) is 3.16. The summed E-state index contributed by atoms with van der Waals surface area (Å²) in [7, 11) is 0. The van der Waals surface area contributed by atoms with Gasteiger partial charge >= 0.3 is 7.69 Å². The van der Waals surface area contributed by atoms with Gasteiger partial charge in [-0.3, -0.25) is 4.79 Å². The third-order valence-electron chi connectivity index (χ3n) is 1.09. The van der Waals surface area contributed by atoms with Gasteiger partial charge in [0.1, 0.15) is 5.82 Å². The zero-order valence-electron chi connectivity index (χ0n) is 6.45. The monoisotopic (exact) mass is 203 g/mol. The highest BCUT2D eigenvalue weighted by atomic mass is 35.5. The van der Waals surface area contributed by atoms with Crippen LogP contribution < -0.4 is 0 Å². The SMILES string of the molecule is O=Cc1ccc(Cl)cc1F.O[B]O. The van der Waals surface area contributed by atoms with Crippen LogP contribution in [0.1, 0.15) is 10.4 Å². The van der Waals surface area contributed by atoms with E-state index < -0.39 is 5.82 Å². The Morgan fingerprint density at radius 2 is 2.00 bits per heavy atom. The summed E-state index contributed by atoms with van der Waals surface area (Å²) in [4.78, 5) is 10.1. The Morgan fingerprint density at radius 3 is 2.38 bits per heavy atom. The Bertz CT molecular complexity index is 282. The van der Waals surface area contributed by atoms with E-state index in [0.717, 1.165) is 6.07 Å². The molecule has 69 valence electrons. The number of carbonyl (C=O) groups is 1. The van der Waals surface area contributed by atoms with E-state index in [0.29, 0.717) is 11.3 Å². The van der Waals surface area contributed by atoms with Gasteiger partial charge in [0.2, 0.25) is 0 Å². The van der Waals surface area contributed by atoms with Crippen molar-refractivity contribution in [1.29, 1.82) is 0 Å². The Hall–Kier alpha value is -0.905. The van der Waals surface area contributed by atoms with Crippen molar-refractivity contribution in [3.63, 3.8) is 0 Å². The van der Waals surface area contributed by atoms with E-state index in [4.69, 9.17) is 21.6 Å². The number of hydrogen-bond donors (Lipinski definition) is 2. The molecule has 0 aliphatic rings. The molecule has 0 spiro atoms. The lowest BCUT2D eigenvalue weighted by molar-refractivity contribution is 0.112. The lowest BCUT2D eigenvalue weighted by Gasteiger charge is -1.92. The first-order valence-corrected chi connectivity index (χ1v) is 3.53. The summed E-state index contributed by atoms with van der Waals surface area (Å²) in [6.45, 7) is 0. The maximum Gasteiger partial charge on any atom is 0.482 e. The van der Waals surface area contributed by atoms with E-state index >= 15 is 0 Å². The summed E-state index contributed by atoms with van der Waals surface area (Å²) in [6, 6.07) is 3.91. The molecule has 0 aliphatic heterocycles. The minimum absolute atomic E-state index is 0. The first-order chi connectivity index (χ1) is 6.15. The standard InChI is InChI=1S/C7H4ClFO.BH2O2/c8-6-2-1-5(4-10)7(9)3-6;2-1-3/h1-4H;2-3H. The Morgan fingerprint density at radius 1 is 1.46 bits per heavy atom. The molecule has 0 atom stereocenters. The summed E-state index contributed by atoms with van der Waals surface area (Å²) in [5.74, 6) is -0.581. The average Bonchev–Trinajstić information content (AvgIpc) is 2.06. The van der Waals surface area contributed by atoms with Crippen molar-refractivity contribution in [2.75, 3.05) is 0 Å². The second-order valence-electron chi connectivity index (χ2n) is 1.90. The maximum atomic E-state index is 12.5. The number of rotatable bonds is 1. The second-order valence-corrected chi connectivity index (χ2v) is 2.34. The van der Waals surface area contributed by atoms with Crippen LogP contribution in [0.3, 0.4) is 0 Å². The molecule has 2 N–H and O–H groups in total. The van der Waals surface area contributed by atoms with Gasteiger partial charge in [-0.15, -0.1) is 0 Å². The van der Waals surface area contributed by atoms with Crippen molar-refractivity contribution >= 4 is 25.6 Å². The molecule has 1 radical (unpaired) electrons. The second kappa shape index (κ2) is 6.59. The zero-order valence-corrected chi connectivity index (χ0v) is 7.20. The van der Waals surface area contributed by atoms with Crippen LogP contribution in [0.5, 0.6) is 0 Å². The van der Waals surface area contributed by atoms with Crippen LogP contribution in [0.25, 0.3) is 0 Å². The Labute approximate surface area is 80.1 Å². The Balaban J connectivity index is 0.000000424. The van der Waals surface area contributed by atoms with Gasteiger partial charge in [-0.2, -0.15) is 0 Å². The molecule has 0 heterocycles. The third-order valence-corrected chi connectivity index (χ3v) is 1.32. The van der Waals surface area contributed by atoms with Crippen molar-refractivity contribution in [3.05, 3.63) is 34.6 Å². The van der Waals surface area contributed by atoms with Gasteiger partial charge in [0.25, 0.3) is 0 Å². The topological polar surface area (TPSA) is 57.5 Å². The summed E-state index contributed by atoms with van der Waals surface area (Å²) in [6.07, 6.45) is 0.450. The molecule has 3 nitrogen and oxygen atoms in total. The van der Waals surface area contributed by atoms with Gasteiger partial charge in [-0.25, -0.2) is 4.39 Å². The summed E-state index contributed by atoms with van der Waals surface area (Å²) < 4.78 is 12.5. The quantitative estimate of drug-likeness (QED) is 0.524. The molecule has 1 aromatic carbocycles. The molecule has 0 aromatic heterocycles. The van der Waals surface area contributed by atoms with Crippen LogP contribution >= 0.6 is 11.6 Å². The largest absolute Gasteiger partial charge is 0.482 e. The highest BCUT2D eigenvalue weighted by Crippen LogP contribution is 2.12. The van der Waals surface area contributed by atoms with Gasteiger partial charge in [-0.05, 0) is 18.2 Å². The van der Waals surface area contributed by atoms with Crippen LogP contribution in [0.15, 0.2) is 18.2 Å². The molecule has 0 saturated carbocycles. The number of halogens is 2. The molecule has 0 amide bonds. The average molecular weight is 203 g/mol. The fourth-order valence-corrected chi connectivity index (χ4v) is 0.756. The lowest BCUT2D eigenvalue weighted by Crippen LogP contribution is -1.85. The van der Waals surface area contributed by atoms with Gasteiger partial charge in [-0.1, -0.05) is 11.6 Å². The molecule has 13 heavy (non-hydrogen) atoms. The fourth-order valence-electron chi connectivity index (χ4n) is 0.597. The van der Waals surface area contributed by atoms with Gasteiger partial charge in [0.05, 0.1) is 5.56 Å². The number of carbonyl (C=O) groups excluding carboxylic acids is 1. The first kappa shape index (κ1) is 12.1. The lowest BCUT2D eigenvalue weighted by atomic mass is 10.2. The number of aldehydes is 1. The highest BCUT2D eigenvalue weighted by Gasteiger charge is 1.99. The van der Waals surface area contributed by atoms with Crippen molar-refractivity contribution in [2.24, 2.45) is 0 Å². The molecule has 0 unspecified atom stereocenters. The summed E-state index contributed by atoms with van der Waals surface area (Å²) in [5, 5.41) is 14.3. The van der Waals surface area contributed by atoms with Crippen LogP contribution in [0.4, 0.5) is 4.39 Å². The molecule has 0 bridgehead atoms. The molecular weight excluding hydrogens is 197 g/mol. The Kier molecular flexibility index (Phi) is 6.13. The molecule has 1 aromatic rings. The fraction of sp³-hybridized carbons (Fsp3) is 0. The van der Waals surface area contributed by atoms with Crippen LogP contribution in [-0.2, 0) is 0 Å². The molecular formula is C7H6BClFO3. The summed E-state index contributed by atoms with van der Waals surface area (Å²) >= 11 is 5.42. The zero-order chi connectivity index (χ0) is 10.3. The minimum Gasteiger partial charge on any atom is -0.429 e. The van der Waals surface area contributed by atoms with E-state index in [1.165, 1.54) is 12.1 Å². The molecule has 0 saturated heterocycles. The molecule has 0 fully saturated rings. The summed E-state index contributed by atoms with van der Waals surface area (Å²) in [5.41, 5.74) is 0.0319. The van der Waals surface area contributed by atoms with Crippen molar-refractivity contribution < 1.29 is 19.2 Å². The van der Waals surface area contributed by atoms with Crippen molar-refractivity contribution in [3.8, 4) is 0 Å². The van der Waals surface area contributed by atoms with Gasteiger partial charge < -0.3 is 10.0 Å². The van der Waals surface area contributed by atoms with E-state index in [-0.39, 0.29) is 13.2 Å². The van der Waals surface area contributed by atoms with E-state index in [1.807, 2.05) is 0 Å². The van der Waals surface area contributed by atoms with Crippen molar-refractivity contribution in [2.45, 2.75) is 0 Å². The normalized spacial score (nSPS) is 8.31. The highest BCUT2D eigenvalue weighted by molar-refractivity contribution is 6.30. The van der Waals surface area contributed by atoms with Crippen LogP contribution in [0, 0.1) is 5.82 Å². The minimum atomic E-state index is -0.581. The molecule has 0 aliphatic carbocycles. The van der Waals surface area contributed by atoms with Crippen LogP contribution in [-0.4, -0.2) is 24.0 Å².